The van der Waals surface area contributed by atoms with Crippen molar-refractivity contribution in [2.24, 2.45) is 0 Å². The van der Waals surface area contributed by atoms with Crippen LogP contribution in [0.15, 0.2) is 470 Å². The average Bonchev–Trinajstić information content (AvgIpc) is 1.53. The first-order valence-electron chi connectivity index (χ1n) is 42.8. The lowest BCUT2D eigenvalue weighted by Gasteiger charge is -2.35. The van der Waals surface area contributed by atoms with Crippen LogP contribution in [0.3, 0.4) is 0 Å². The Labute approximate surface area is 721 Å². The first-order valence-corrected chi connectivity index (χ1v) is 42.8. The van der Waals surface area contributed by atoms with E-state index in [9.17, 15) is 0 Å². The van der Waals surface area contributed by atoms with Crippen LogP contribution in [0.1, 0.15) is 47.2 Å². The van der Waals surface area contributed by atoms with Crippen LogP contribution >= 0.6 is 0 Å². The third-order valence-corrected chi connectivity index (χ3v) is 26.0. The van der Waals surface area contributed by atoms with Crippen LogP contribution < -0.4 is 9.80 Å². The molecule has 0 saturated heterocycles. The van der Waals surface area contributed by atoms with Gasteiger partial charge in [-0.3, -0.25) is 0 Å². The third-order valence-electron chi connectivity index (χ3n) is 26.0. The third kappa shape index (κ3) is 12.4. The maximum Gasteiger partial charge on any atom is 0.143 e. The molecule has 0 N–H and O–H groups in total. The number of anilines is 6. The smallest absolute Gasteiger partial charge is 0.143 e. The highest BCUT2D eigenvalue weighted by molar-refractivity contribution is 6.21. The molecule has 0 bridgehead atoms. The Balaban J connectivity index is 0.000000143. The van der Waals surface area contributed by atoms with Crippen LogP contribution in [0.4, 0.5) is 34.1 Å². The van der Waals surface area contributed by atoms with Crippen molar-refractivity contribution in [1.29, 1.82) is 0 Å². The van der Waals surface area contributed by atoms with Crippen molar-refractivity contribution in [3.63, 3.8) is 0 Å². The number of para-hydroxylation sites is 2. The van der Waals surface area contributed by atoms with Crippen LogP contribution in [0, 0.1) is 0 Å². The predicted octanol–water partition coefficient (Wildman–Crippen LogP) is 33.1. The molecule has 0 atom stereocenters. The summed E-state index contributed by atoms with van der Waals surface area (Å²) in [7, 11) is 0. The zero-order chi connectivity index (χ0) is 82.4. The lowest BCUT2D eigenvalue weighted by molar-refractivity contribution is 0.660. The molecule has 0 spiro atoms. The van der Waals surface area contributed by atoms with E-state index in [0.717, 1.165) is 78.0 Å². The van der Waals surface area contributed by atoms with E-state index in [-0.39, 0.29) is 5.41 Å². The van der Waals surface area contributed by atoms with Gasteiger partial charge in [0.1, 0.15) is 22.3 Å². The monoisotopic (exact) mass is 1580 g/mol. The molecule has 124 heavy (non-hydrogen) atoms. The van der Waals surface area contributed by atoms with Gasteiger partial charge in [-0.1, -0.05) is 366 Å². The van der Waals surface area contributed by atoms with Crippen LogP contribution in [0.2, 0.25) is 0 Å². The average molecular weight is 1580 g/mol. The second-order valence-electron chi connectivity index (χ2n) is 33.3. The van der Waals surface area contributed by atoms with E-state index in [1.807, 2.05) is 6.07 Å². The molecule has 0 amide bonds. The molecule has 4 heteroatoms. The molecule has 2 aromatic heterocycles. The molecule has 584 valence electrons. The molecule has 0 fully saturated rings. The summed E-state index contributed by atoms with van der Waals surface area (Å²) in [6.45, 7) is 4.74. The Morgan fingerprint density at radius 1 is 0.194 bits per heavy atom. The number of hydrogen-bond acceptors (Lipinski definition) is 4. The van der Waals surface area contributed by atoms with E-state index in [1.54, 1.807) is 0 Å². The minimum atomic E-state index is -0.479. The zero-order valence-corrected chi connectivity index (χ0v) is 68.6. The molecule has 20 aromatic carbocycles. The van der Waals surface area contributed by atoms with E-state index in [2.05, 4.69) is 479 Å². The number of rotatable bonds is 14. The van der Waals surface area contributed by atoms with Gasteiger partial charge >= 0.3 is 0 Å². The summed E-state index contributed by atoms with van der Waals surface area (Å²) in [4.78, 5) is 4.78. The molecule has 24 rings (SSSR count). The Hall–Kier alpha value is -15.9. The molecule has 22 aromatic rings. The summed E-state index contributed by atoms with van der Waals surface area (Å²) in [5.41, 5.74) is 37.0. The molecule has 2 aliphatic rings. The number of fused-ring (bicyclic) bond motifs is 16. The normalized spacial score (nSPS) is 12.7. The number of furan rings is 2. The summed E-state index contributed by atoms with van der Waals surface area (Å²) < 4.78 is 12.7. The lowest BCUT2D eigenvalue weighted by Crippen LogP contribution is -2.28. The van der Waals surface area contributed by atoms with Gasteiger partial charge in [0.25, 0.3) is 0 Å². The first-order chi connectivity index (χ1) is 61.2. The van der Waals surface area contributed by atoms with Gasteiger partial charge in [0, 0.05) is 66.5 Å². The van der Waals surface area contributed by atoms with Gasteiger partial charge in [-0.25, -0.2) is 0 Å². The van der Waals surface area contributed by atoms with E-state index in [4.69, 9.17) is 8.83 Å². The maximum absolute atomic E-state index is 6.39. The molecule has 0 saturated carbocycles. The quantitative estimate of drug-likeness (QED) is 0.109. The minimum absolute atomic E-state index is 0.170. The second kappa shape index (κ2) is 30.1. The van der Waals surface area contributed by atoms with Crippen LogP contribution in [-0.4, -0.2) is 0 Å². The van der Waals surface area contributed by atoms with Gasteiger partial charge in [-0.2, -0.15) is 0 Å². The summed E-state index contributed by atoms with van der Waals surface area (Å²) in [5, 5.41) is 9.36. The maximum atomic E-state index is 6.39. The fourth-order valence-corrected chi connectivity index (χ4v) is 20.0. The van der Waals surface area contributed by atoms with Gasteiger partial charge in [0.15, 0.2) is 0 Å². The Bertz CT molecular complexity index is 7770. The van der Waals surface area contributed by atoms with Crippen molar-refractivity contribution in [3.05, 3.63) is 494 Å². The fraction of sp³-hybridized carbons (Fsp3) is 0.0333. The van der Waals surface area contributed by atoms with Gasteiger partial charge in [-0.05, 0) is 248 Å². The van der Waals surface area contributed by atoms with Crippen molar-refractivity contribution in [3.8, 4) is 89.0 Å². The number of hydrogen-bond donors (Lipinski definition) is 0. The molecule has 2 heterocycles. The summed E-state index contributed by atoms with van der Waals surface area (Å²) in [6.07, 6.45) is 0. The van der Waals surface area contributed by atoms with Gasteiger partial charge in [-0.15, -0.1) is 0 Å². The van der Waals surface area contributed by atoms with Gasteiger partial charge < -0.3 is 18.6 Å². The van der Waals surface area contributed by atoms with Crippen LogP contribution in [-0.2, 0) is 10.8 Å². The molecule has 0 unspecified atom stereocenters. The molecule has 2 aliphatic carbocycles. The molecular formula is C120H82N2O2. The fourth-order valence-electron chi connectivity index (χ4n) is 20.0. The van der Waals surface area contributed by atoms with Crippen molar-refractivity contribution in [2.45, 2.75) is 24.7 Å². The van der Waals surface area contributed by atoms with Gasteiger partial charge in [0.05, 0.1) is 5.41 Å². The topological polar surface area (TPSA) is 32.8 Å². The Kier molecular flexibility index (Phi) is 17.8. The van der Waals surface area contributed by atoms with Crippen molar-refractivity contribution >= 4 is 99.5 Å². The molecule has 0 radical (unpaired) electrons. The summed E-state index contributed by atoms with van der Waals surface area (Å²) >= 11 is 0. The van der Waals surface area contributed by atoms with Crippen molar-refractivity contribution in [2.75, 3.05) is 9.80 Å². The summed E-state index contributed by atoms with van der Waals surface area (Å²) in [5.74, 6) is 0. The van der Waals surface area contributed by atoms with Gasteiger partial charge in [0.2, 0.25) is 0 Å². The van der Waals surface area contributed by atoms with E-state index >= 15 is 0 Å². The summed E-state index contributed by atoms with van der Waals surface area (Å²) in [6, 6.07) is 168. The van der Waals surface area contributed by atoms with E-state index < -0.39 is 5.41 Å². The largest absolute Gasteiger partial charge is 0.456 e. The highest BCUT2D eigenvalue weighted by Gasteiger charge is 2.46. The SMILES string of the molecule is CC1(C)c2cc(-c3ccccc3)ccc2-c2ccc(N(c3ccc(-c4ccccc4)cc3)c3ccc(-c4ccc(-c5ccc6oc7ccc8ccccc8c7c6c5)cc4)cc3)cc21.c1ccc(N(c2ccc(-c3ccc(-c4cc5c6ccccc6oc5c5ccccc45)cc3)cc2)c2ccc3c(c2)C(c2ccccc2)(c2ccccc2)c2ccccc2-3)cc1. The van der Waals surface area contributed by atoms with Crippen LogP contribution in [0.25, 0.3) is 154 Å². The Morgan fingerprint density at radius 2 is 0.565 bits per heavy atom. The van der Waals surface area contributed by atoms with Crippen molar-refractivity contribution in [1.82, 2.24) is 0 Å². The van der Waals surface area contributed by atoms with E-state index in [0.29, 0.717) is 0 Å². The molecule has 0 aliphatic heterocycles. The standard InChI is InChI=1S/C61H43NO.C59H39NO/c1-61(2)56-38-48(41-13-7-4-8-14-41)25-33-53(56)54-34-32-51(39-57(54)61)62(49-28-21-43(22-29-49)40-11-5-3-6-12-40)50-30-23-44(24-31-50)42-17-19-45(20-18-42)47-27-35-58-55(37-47)60-52-16-10-9-15-46(52)26-36-59(60)63-58;1-4-16-43(17-5-1)59(44-18-6-2-7-19-44)55-26-14-12-23-49(55)50-37-36-47(38-56(50)59)60(45-20-8-3-9-21-45)46-34-32-41(33-35-46)40-28-30-42(31-29-40)53-39-54-51-24-13-15-27-57(51)61-58(54)52-25-11-10-22-48(52)53/h3-39H,1-2H3;1-39H. The predicted molar refractivity (Wildman–Crippen MR) is 519 cm³/mol. The lowest BCUT2D eigenvalue weighted by atomic mass is 9.67. The highest BCUT2D eigenvalue weighted by Crippen LogP contribution is 2.58. The minimum Gasteiger partial charge on any atom is -0.456 e. The first kappa shape index (κ1) is 73.3. The van der Waals surface area contributed by atoms with Crippen LogP contribution in [0.5, 0.6) is 0 Å². The van der Waals surface area contributed by atoms with E-state index in [1.165, 1.54) is 144 Å². The second-order valence-corrected chi connectivity index (χ2v) is 33.3. The Morgan fingerprint density at radius 3 is 1.15 bits per heavy atom. The highest BCUT2D eigenvalue weighted by atomic mass is 16.3. The van der Waals surface area contributed by atoms with Crippen molar-refractivity contribution < 1.29 is 8.83 Å². The zero-order valence-electron chi connectivity index (χ0n) is 68.6. The number of benzene rings is 20. The molecule has 4 nitrogen and oxygen atoms in total. The molecular weight excluding hydrogens is 1500 g/mol. The number of nitrogens with zero attached hydrogens (tertiary/aromatic N) is 2.